The highest BCUT2D eigenvalue weighted by molar-refractivity contribution is 6.53. The van der Waals surface area contributed by atoms with Crippen LogP contribution in [0, 0.1) is 0 Å². The van der Waals surface area contributed by atoms with Crippen molar-refractivity contribution < 1.29 is 9.53 Å². The fourth-order valence-corrected chi connectivity index (χ4v) is 12.3. The average molecular weight is 931 g/mol. The highest BCUT2D eigenvalue weighted by Gasteiger charge is 2.48. The minimum Gasteiger partial charge on any atom is -0.442 e. The fraction of sp³-hybridized carbons (Fsp3) is 0.375. The van der Waals surface area contributed by atoms with E-state index in [0.717, 1.165) is 59.6 Å². The Morgan fingerprint density at radius 2 is 0.828 bits per heavy atom. The molecule has 0 aromatic heterocycles. The summed E-state index contributed by atoms with van der Waals surface area (Å²) in [7, 11) is 0. The second-order valence-corrected chi connectivity index (χ2v) is 20.2. The average Bonchev–Trinajstić information content (AvgIpc) is 4.15. The van der Waals surface area contributed by atoms with Gasteiger partial charge in [0.15, 0.2) is 5.60 Å². The lowest BCUT2D eigenvalue weighted by Gasteiger charge is -2.28. The van der Waals surface area contributed by atoms with E-state index in [1.54, 1.807) is 0 Å². The summed E-state index contributed by atoms with van der Waals surface area (Å²) in [6.07, 6.45) is 21.5. The van der Waals surface area contributed by atoms with E-state index in [0.29, 0.717) is 17.4 Å². The maximum atomic E-state index is 14.5. The molecule has 5 aliphatic rings. The van der Waals surface area contributed by atoms with Crippen LogP contribution in [-0.4, -0.2) is 32.1 Å². The number of hydrogen-bond donors (Lipinski definition) is 0. The highest BCUT2D eigenvalue weighted by Crippen LogP contribution is 2.54. The molecule has 0 radical (unpaired) electrons. The Morgan fingerprint density at radius 3 is 1.22 bits per heavy atom. The third-order valence-electron chi connectivity index (χ3n) is 14.7. The third-order valence-corrected chi connectivity index (χ3v) is 16.5. The lowest BCUT2D eigenvalue weighted by atomic mass is 9.81. The zero-order valence-corrected chi connectivity index (χ0v) is 39.5. The van der Waals surface area contributed by atoms with Gasteiger partial charge in [0, 0.05) is 43.1 Å². The summed E-state index contributed by atoms with van der Waals surface area (Å²) in [6.45, 7) is 4.21. The van der Waals surface area contributed by atoms with E-state index in [1.165, 1.54) is 112 Å². The molecule has 2 saturated heterocycles. The number of fused-ring (bicyclic) bond motifs is 1. The number of esters is 1. The number of benzene rings is 5. The van der Waals surface area contributed by atoms with Crippen LogP contribution in [0.25, 0.3) is 11.1 Å². The van der Waals surface area contributed by atoms with Gasteiger partial charge in [-0.25, -0.2) is 4.79 Å². The molecule has 5 aromatic rings. The predicted octanol–water partition coefficient (Wildman–Crippen LogP) is 16.2. The van der Waals surface area contributed by atoms with E-state index in [1.807, 2.05) is 0 Å². The molecule has 0 spiro atoms. The van der Waals surface area contributed by atoms with Crippen LogP contribution in [0.1, 0.15) is 151 Å². The lowest BCUT2D eigenvalue weighted by Crippen LogP contribution is -2.23. The van der Waals surface area contributed by atoms with Crippen molar-refractivity contribution in [1.29, 1.82) is 0 Å². The molecule has 5 aromatic carbocycles. The van der Waals surface area contributed by atoms with Gasteiger partial charge in [0.2, 0.25) is 0 Å². The van der Waals surface area contributed by atoms with E-state index in [2.05, 4.69) is 119 Å². The van der Waals surface area contributed by atoms with Gasteiger partial charge in [0.05, 0.1) is 25.7 Å². The first-order valence-electron chi connectivity index (χ1n) is 23.7. The van der Waals surface area contributed by atoms with Crippen LogP contribution >= 0.6 is 46.4 Å². The Kier molecular flexibility index (Phi) is 12.9. The van der Waals surface area contributed by atoms with Gasteiger partial charge in [-0.1, -0.05) is 158 Å². The van der Waals surface area contributed by atoms with Gasteiger partial charge < -0.3 is 14.5 Å². The van der Waals surface area contributed by atoms with Crippen LogP contribution in [0.3, 0.4) is 0 Å². The zero-order chi connectivity index (χ0) is 43.8. The van der Waals surface area contributed by atoms with Gasteiger partial charge in [0.25, 0.3) is 0 Å². The Labute approximate surface area is 399 Å². The van der Waals surface area contributed by atoms with Crippen LogP contribution in [0.15, 0.2) is 109 Å². The number of carbonyl (C=O) groups excluding carboxylic acids is 1. The highest BCUT2D eigenvalue weighted by atomic mass is 35.5. The molecule has 330 valence electrons. The zero-order valence-electron chi connectivity index (χ0n) is 36.5. The van der Waals surface area contributed by atoms with E-state index in [4.69, 9.17) is 51.1 Å². The van der Waals surface area contributed by atoms with Crippen molar-refractivity contribution in [2.45, 2.75) is 107 Å². The quantitative estimate of drug-likeness (QED) is 0.0794. The first kappa shape index (κ1) is 43.7. The van der Waals surface area contributed by atoms with Crippen LogP contribution < -0.4 is 9.80 Å². The predicted molar refractivity (Wildman–Crippen MR) is 268 cm³/mol. The molecule has 3 aliphatic heterocycles. The summed E-state index contributed by atoms with van der Waals surface area (Å²) in [5.41, 5.74) is 9.86. The van der Waals surface area contributed by atoms with Gasteiger partial charge in [-0.15, -0.1) is 0 Å². The van der Waals surface area contributed by atoms with Gasteiger partial charge >= 0.3 is 5.97 Å². The minimum atomic E-state index is -1.56. The molecule has 64 heavy (non-hydrogen) atoms. The molecule has 0 N–H and O–H groups in total. The van der Waals surface area contributed by atoms with Crippen molar-refractivity contribution >= 4 is 74.9 Å². The molecular formula is C56H56Cl4N2O2. The van der Waals surface area contributed by atoms with Crippen molar-refractivity contribution in [3.05, 3.63) is 174 Å². The lowest BCUT2D eigenvalue weighted by molar-refractivity contribution is 0.0300. The van der Waals surface area contributed by atoms with Gasteiger partial charge in [-0.2, -0.15) is 0 Å². The second kappa shape index (κ2) is 19.0. The molecule has 0 unspecified atom stereocenters. The summed E-state index contributed by atoms with van der Waals surface area (Å²) < 4.78 is 6.79. The number of halogens is 4. The number of anilines is 2. The molecule has 0 atom stereocenters. The Hall–Kier alpha value is -4.19. The molecule has 0 amide bonds. The molecule has 4 nitrogen and oxygen atoms in total. The summed E-state index contributed by atoms with van der Waals surface area (Å²) in [5.74, 6) is 0.507. The first-order chi connectivity index (χ1) is 31.3. The Bertz CT molecular complexity index is 2410. The van der Waals surface area contributed by atoms with E-state index < -0.39 is 11.6 Å². The minimum absolute atomic E-state index is 0.0276. The molecule has 2 saturated carbocycles. The topological polar surface area (TPSA) is 32.8 Å². The Balaban J connectivity index is 1.20. The van der Waals surface area contributed by atoms with Crippen LogP contribution in [0.4, 0.5) is 11.4 Å². The van der Waals surface area contributed by atoms with E-state index >= 15 is 0 Å². The van der Waals surface area contributed by atoms with Gasteiger partial charge in [-0.3, -0.25) is 0 Å². The SMILES string of the molecule is O=C1OC(C=C(c2ccc(C3CCCCC3)cc2)c2ccc(N3CCCC3)cc2)(C=C(c2ccc(C3CCCCC3)cc2)c2ccc(N3CCCC3)cc2)c2c(Cl)c(Cl)c(Cl)c(Cl)c21. The summed E-state index contributed by atoms with van der Waals surface area (Å²) in [5, 5.41) is 0.275. The number of hydrogen-bond acceptors (Lipinski definition) is 4. The largest absolute Gasteiger partial charge is 0.442 e. The molecule has 4 fully saturated rings. The molecule has 8 heteroatoms. The van der Waals surface area contributed by atoms with Crippen LogP contribution in [0.2, 0.25) is 20.1 Å². The fourth-order valence-electron chi connectivity index (χ4n) is 11.2. The van der Waals surface area contributed by atoms with Gasteiger partial charge in [0.1, 0.15) is 0 Å². The van der Waals surface area contributed by atoms with Crippen molar-refractivity contribution in [1.82, 2.24) is 0 Å². The molecule has 10 rings (SSSR count). The number of cyclic esters (lactones) is 1. The maximum absolute atomic E-state index is 14.5. The van der Waals surface area contributed by atoms with Crippen molar-refractivity contribution in [2.24, 2.45) is 0 Å². The number of ether oxygens (including phenoxy) is 1. The second-order valence-electron chi connectivity index (χ2n) is 18.7. The summed E-state index contributed by atoms with van der Waals surface area (Å²) in [4.78, 5) is 19.4. The molecular weight excluding hydrogens is 874 g/mol. The number of nitrogens with zero attached hydrogens (tertiary/aromatic N) is 2. The molecule has 0 bridgehead atoms. The standard InChI is InChI=1S/C56H56Cl4N2O2/c57-51-49-50(52(58)54(60)53(51)59)56(64-55(49)63,35-47(43-23-27-45(28-24-43)61-31-7-8-32-61)41-19-15-39(16-20-41)37-11-3-1-4-12-37)36-48(44-25-29-46(30-26-44)62-33-9-10-34-62)42-21-17-40(18-22-42)38-13-5-2-6-14-38/h15-30,35-38H,1-14,31-34H2. The van der Waals surface area contributed by atoms with Crippen molar-refractivity contribution in [3.63, 3.8) is 0 Å². The first-order valence-corrected chi connectivity index (χ1v) is 25.2. The molecule has 2 aliphatic carbocycles. The van der Waals surface area contributed by atoms with Gasteiger partial charge in [-0.05, 0) is 144 Å². The van der Waals surface area contributed by atoms with E-state index in [9.17, 15) is 4.79 Å². The van der Waals surface area contributed by atoms with E-state index in [-0.39, 0.29) is 25.7 Å². The third kappa shape index (κ3) is 8.66. The smallest absolute Gasteiger partial charge is 0.341 e. The summed E-state index contributed by atoms with van der Waals surface area (Å²) >= 11 is 28.0. The normalized spacial score (nSPS) is 21.2. The van der Waals surface area contributed by atoms with Crippen molar-refractivity contribution in [3.8, 4) is 0 Å². The van der Waals surface area contributed by atoms with Crippen molar-refractivity contribution in [2.75, 3.05) is 36.0 Å². The summed E-state index contributed by atoms with van der Waals surface area (Å²) in [6, 6.07) is 35.7. The maximum Gasteiger partial charge on any atom is 0.341 e. The number of rotatable bonds is 10. The Morgan fingerprint density at radius 1 is 0.469 bits per heavy atom. The van der Waals surface area contributed by atoms with Crippen LogP contribution in [-0.2, 0) is 10.3 Å². The number of carbonyl (C=O) groups is 1. The monoisotopic (exact) mass is 928 g/mol. The molecule has 3 heterocycles. The van der Waals surface area contributed by atoms with Crippen LogP contribution in [0.5, 0.6) is 0 Å².